The molecule has 2 aliphatic carbocycles. The SMILES string of the molecule is CC1(C)C2CCC1(C)C(Oc1cccc(C(=O)O)c1)C2. The Labute approximate surface area is 120 Å². The first-order chi connectivity index (χ1) is 9.34. The Hall–Kier alpha value is -1.51. The van der Waals surface area contributed by atoms with E-state index < -0.39 is 5.97 Å². The van der Waals surface area contributed by atoms with E-state index in [1.807, 2.05) is 6.07 Å². The molecule has 2 saturated carbocycles. The summed E-state index contributed by atoms with van der Waals surface area (Å²) < 4.78 is 6.18. The summed E-state index contributed by atoms with van der Waals surface area (Å²) in [7, 11) is 0. The summed E-state index contributed by atoms with van der Waals surface area (Å²) in [5.74, 6) is 0.495. The van der Waals surface area contributed by atoms with Crippen LogP contribution in [0.25, 0.3) is 0 Å². The molecule has 3 rings (SSSR count). The van der Waals surface area contributed by atoms with Gasteiger partial charge in [0.25, 0.3) is 0 Å². The Morgan fingerprint density at radius 2 is 2.10 bits per heavy atom. The van der Waals surface area contributed by atoms with Gasteiger partial charge in [0, 0.05) is 5.41 Å². The zero-order chi connectivity index (χ0) is 14.5. The molecule has 0 aromatic heterocycles. The molecule has 0 saturated heterocycles. The van der Waals surface area contributed by atoms with Gasteiger partial charge in [0.1, 0.15) is 11.9 Å². The van der Waals surface area contributed by atoms with E-state index in [0.717, 1.165) is 12.3 Å². The molecule has 3 heteroatoms. The lowest BCUT2D eigenvalue weighted by Crippen LogP contribution is -2.38. The number of fused-ring (bicyclic) bond motifs is 2. The van der Waals surface area contributed by atoms with Crippen molar-refractivity contribution in [3.63, 3.8) is 0 Å². The van der Waals surface area contributed by atoms with Crippen molar-refractivity contribution in [3.05, 3.63) is 29.8 Å². The van der Waals surface area contributed by atoms with Crippen LogP contribution in [0, 0.1) is 16.7 Å². The second-order valence-electron chi connectivity index (χ2n) is 7.05. The summed E-state index contributed by atoms with van der Waals surface area (Å²) in [6.07, 6.45) is 3.77. The van der Waals surface area contributed by atoms with E-state index in [0.29, 0.717) is 11.2 Å². The third-order valence-corrected chi connectivity index (χ3v) is 6.07. The van der Waals surface area contributed by atoms with E-state index in [9.17, 15) is 4.79 Å². The lowest BCUT2D eigenvalue weighted by Gasteiger charge is -2.38. The largest absolute Gasteiger partial charge is 0.490 e. The van der Waals surface area contributed by atoms with Crippen molar-refractivity contribution in [1.29, 1.82) is 0 Å². The minimum absolute atomic E-state index is 0.191. The van der Waals surface area contributed by atoms with Crippen LogP contribution >= 0.6 is 0 Å². The highest BCUT2D eigenvalue weighted by Gasteiger charge is 2.62. The zero-order valence-electron chi connectivity index (χ0n) is 12.3. The number of hydrogen-bond acceptors (Lipinski definition) is 2. The van der Waals surface area contributed by atoms with Crippen LogP contribution in [-0.4, -0.2) is 17.2 Å². The summed E-state index contributed by atoms with van der Waals surface area (Å²) in [5, 5.41) is 9.05. The van der Waals surface area contributed by atoms with Crippen LogP contribution < -0.4 is 4.74 Å². The Kier molecular flexibility index (Phi) is 2.86. The van der Waals surface area contributed by atoms with Gasteiger partial charge in [-0.3, -0.25) is 0 Å². The second kappa shape index (κ2) is 4.24. The van der Waals surface area contributed by atoms with Gasteiger partial charge in [-0.15, -0.1) is 0 Å². The molecule has 1 N–H and O–H groups in total. The van der Waals surface area contributed by atoms with Gasteiger partial charge in [0.05, 0.1) is 5.56 Å². The van der Waals surface area contributed by atoms with Gasteiger partial charge in [0.2, 0.25) is 0 Å². The summed E-state index contributed by atoms with van der Waals surface area (Å²) in [5.41, 5.74) is 0.786. The zero-order valence-corrected chi connectivity index (χ0v) is 12.3. The van der Waals surface area contributed by atoms with Gasteiger partial charge in [-0.05, 0) is 48.8 Å². The van der Waals surface area contributed by atoms with Crippen molar-refractivity contribution in [2.45, 2.75) is 46.1 Å². The average Bonchev–Trinajstić information content (AvgIpc) is 2.72. The van der Waals surface area contributed by atoms with E-state index in [1.165, 1.54) is 12.8 Å². The molecule has 3 unspecified atom stereocenters. The number of carbonyl (C=O) groups is 1. The molecule has 20 heavy (non-hydrogen) atoms. The third kappa shape index (κ3) is 1.75. The summed E-state index contributed by atoms with van der Waals surface area (Å²) >= 11 is 0. The standard InChI is InChI=1S/C17H22O3/c1-16(2)12-7-8-17(16,3)14(10-12)20-13-6-4-5-11(9-13)15(18)19/h4-6,9,12,14H,7-8,10H2,1-3H3,(H,18,19). The maximum absolute atomic E-state index is 11.0. The van der Waals surface area contributed by atoms with E-state index >= 15 is 0 Å². The van der Waals surface area contributed by atoms with E-state index in [1.54, 1.807) is 18.2 Å². The first kappa shape index (κ1) is 13.5. The Balaban J connectivity index is 1.83. The summed E-state index contributed by atoms with van der Waals surface area (Å²) in [4.78, 5) is 11.0. The van der Waals surface area contributed by atoms with Crippen molar-refractivity contribution in [2.24, 2.45) is 16.7 Å². The van der Waals surface area contributed by atoms with Crippen molar-refractivity contribution >= 4 is 5.97 Å². The Morgan fingerprint density at radius 1 is 1.35 bits per heavy atom. The molecule has 0 spiro atoms. The minimum Gasteiger partial charge on any atom is -0.490 e. The van der Waals surface area contributed by atoms with Crippen molar-refractivity contribution < 1.29 is 14.6 Å². The first-order valence-corrected chi connectivity index (χ1v) is 7.34. The molecular weight excluding hydrogens is 252 g/mol. The molecular formula is C17H22O3. The normalized spacial score (nSPS) is 34.1. The molecule has 0 heterocycles. The molecule has 1 aromatic carbocycles. The number of carboxylic acid groups (broad SMARTS) is 1. The molecule has 0 aliphatic heterocycles. The maximum atomic E-state index is 11.0. The van der Waals surface area contributed by atoms with Gasteiger partial charge < -0.3 is 9.84 Å². The quantitative estimate of drug-likeness (QED) is 0.907. The predicted octanol–water partition coefficient (Wildman–Crippen LogP) is 3.98. The van der Waals surface area contributed by atoms with Crippen LogP contribution in [0.3, 0.4) is 0 Å². The highest BCUT2D eigenvalue weighted by atomic mass is 16.5. The van der Waals surface area contributed by atoms with Crippen LogP contribution in [0.15, 0.2) is 24.3 Å². The van der Waals surface area contributed by atoms with Gasteiger partial charge >= 0.3 is 5.97 Å². The molecule has 1 aromatic rings. The van der Waals surface area contributed by atoms with Gasteiger partial charge in [-0.2, -0.15) is 0 Å². The second-order valence-corrected chi connectivity index (χ2v) is 7.05. The van der Waals surface area contributed by atoms with Crippen molar-refractivity contribution in [3.8, 4) is 5.75 Å². The summed E-state index contributed by atoms with van der Waals surface area (Å²) in [6, 6.07) is 6.83. The fourth-order valence-electron chi connectivity index (χ4n) is 4.18. The molecule has 3 atom stereocenters. The molecule has 0 radical (unpaired) electrons. The predicted molar refractivity (Wildman–Crippen MR) is 77.0 cm³/mol. The Bertz CT molecular complexity index is 549. The first-order valence-electron chi connectivity index (χ1n) is 7.34. The van der Waals surface area contributed by atoms with Crippen molar-refractivity contribution in [1.82, 2.24) is 0 Å². The van der Waals surface area contributed by atoms with Gasteiger partial charge in [-0.25, -0.2) is 4.79 Å². The van der Waals surface area contributed by atoms with Crippen LogP contribution in [0.1, 0.15) is 50.4 Å². The van der Waals surface area contributed by atoms with Crippen LogP contribution in [0.5, 0.6) is 5.75 Å². The topological polar surface area (TPSA) is 46.5 Å². The number of aromatic carboxylic acids is 1. The van der Waals surface area contributed by atoms with Gasteiger partial charge in [-0.1, -0.05) is 26.8 Å². The molecule has 108 valence electrons. The number of rotatable bonds is 3. The highest BCUT2D eigenvalue weighted by molar-refractivity contribution is 5.88. The third-order valence-electron chi connectivity index (χ3n) is 6.07. The van der Waals surface area contributed by atoms with Crippen LogP contribution in [0.2, 0.25) is 0 Å². The number of ether oxygens (including phenoxy) is 1. The van der Waals surface area contributed by atoms with Crippen LogP contribution in [-0.2, 0) is 0 Å². The number of carboxylic acids is 1. The molecule has 3 nitrogen and oxygen atoms in total. The van der Waals surface area contributed by atoms with Crippen LogP contribution in [0.4, 0.5) is 0 Å². The number of benzene rings is 1. The van der Waals surface area contributed by atoms with Gasteiger partial charge in [0.15, 0.2) is 0 Å². The van der Waals surface area contributed by atoms with E-state index in [-0.39, 0.29) is 17.1 Å². The highest BCUT2D eigenvalue weighted by Crippen LogP contribution is 2.66. The lowest BCUT2D eigenvalue weighted by molar-refractivity contribution is 0.0300. The average molecular weight is 274 g/mol. The fourth-order valence-corrected chi connectivity index (χ4v) is 4.18. The van der Waals surface area contributed by atoms with Crippen molar-refractivity contribution in [2.75, 3.05) is 0 Å². The number of hydrogen-bond donors (Lipinski definition) is 1. The smallest absolute Gasteiger partial charge is 0.335 e. The molecule has 2 fully saturated rings. The van der Waals surface area contributed by atoms with E-state index in [4.69, 9.17) is 9.84 Å². The fraction of sp³-hybridized carbons (Fsp3) is 0.588. The van der Waals surface area contributed by atoms with E-state index in [2.05, 4.69) is 20.8 Å². The molecule has 0 amide bonds. The minimum atomic E-state index is -0.907. The molecule has 2 aliphatic rings. The maximum Gasteiger partial charge on any atom is 0.335 e. The molecule has 2 bridgehead atoms. The summed E-state index contributed by atoms with van der Waals surface area (Å²) in [6.45, 7) is 7.02. The monoisotopic (exact) mass is 274 g/mol. The lowest BCUT2D eigenvalue weighted by atomic mass is 9.70. The Morgan fingerprint density at radius 3 is 2.65 bits per heavy atom.